The quantitative estimate of drug-likeness (QED) is 0.0926. The SMILES string of the molecule is CCC(C)C(N)C(=O)NC(CCC(N)=O)C(=O)NC(CCCN=C(N)N)C(=O)O. The van der Waals surface area contributed by atoms with E-state index in [1.807, 2.05) is 6.92 Å². The van der Waals surface area contributed by atoms with Crippen molar-refractivity contribution >= 4 is 29.7 Å². The number of amides is 3. The van der Waals surface area contributed by atoms with Crippen molar-refractivity contribution in [1.29, 1.82) is 0 Å². The highest BCUT2D eigenvalue weighted by Crippen LogP contribution is 2.07. The van der Waals surface area contributed by atoms with Gasteiger partial charge in [0.1, 0.15) is 12.1 Å². The van der Waals surface area contributed by atoms with E-state index in [1.54, 1.807) is 6.92 Å². The molecule has 0 aromatic heterocycles. The number of nitrogens with two attached hydrogens (primary N) is 4. The van der Waals surface area contributed by atoms with E-state index in [2.05, 4.69) is 15.6 Å². The first kappa shape index (κ1) is 26.1. The minimum atomic E-state index is -1.25. The molecule has 0 aromatic rings. The fraction of sp³-hybridized carbons (Fsp3) is 0.706. The smallest absolute Gasteiger partial charge is 0.326 e. The molecule has 0 saturated heterocycles. The van der Waals surface area contributed by atoms with Crippen LogP contribution in [0.3, 0.4) is 0 Å². The summed E-state index contributed by atoms with van der Waals surface area (Å²) in [5.41, 5.74) is 21.4. The number of hydrogen-bond donors (Lipinski definition) is 7. The zero-order valence-electron chi connectivity index (χ0n) is 16.9. The molecular weight excluding hydrogens is 382 g/mol. The highest BCUT2D eigenvalue weighted by atomic mass is 16.4. The minimum Gasteiger partial charge on any atom is -0.480 e. The summed E-state index contributed by atoms with van der Waals surface area (Å²) in [7, 11) is 0. The topological polar surface area (TPSA) is 229 Å². The molecule has 4 unspecified atom stereocenters. The molecule has 12 nitrogen and oxygen atoms in total. The normalized spacial score (nSPS) is 14.7. The maximum Gasteiger partial charge on any atom is 0.326 e. The number of primary amides is 1. The first-order valence-electron chi connectivity index (χ1n) is 9.42. The van der Waals surface area contributed by atoms with Gasteiger partial charge >= 0.3 is 5.97 Å². The van der Waals surface area contributed by atoms with Crippen molar-refractivity contribution in [1.82, 2.24) is 10.6 Å². The minimum absolute atomic E-state index is 0.0702. The van der Waals surface area contributed by atoms with Crippen LogP contribution in [0.15, 0.2) is 4.99 Å². The van der Waals surface area contributed by atoms with E-state index in [9.17, 15) is 24.3 Å². The molecule has 0 aliphatic carbocycles. The van der Waals surface area contributed by atoms with Gasteiger partial charge < -0.3 is 38.7 Å². The molecule has 0 aliphatic rings. The Hall–Kier alpha value is -2.89. The van der Waals surface area contributed by atoms with Gasteiger partial charge in [0.15, 0.2) is 5.96 Å². The summed E-state index contributed by atoms with van der Waals surface area (Å²) in [6.45, 7) is 3.86. The second-order valence-electron chi connectivity index (χ2n) is 6.83. The van der Waals surface area contributed by atoms with Gasteiger partial charge in [-0.05, 0) is 25.2 Å². The fourth-order valence-corrected chi connectivity index (χ4v) is 2.37. The highest BCUT2D eigenvalue weighted by molar-refractivity contribution is 5.92. The lowest BCUT2D eigenvalue weighted by molar-refractivity contribution is -0.142. The van der Waals surface area contributed by atoms with E-state index in [-0.39, 0.29) is 37.7 Å². The van der Waals surface area contributed by atoms with Gasteiger partial charge in [-0.2, -0.15) is 0 Å². The lowest BCUT2D eigenvalue weighted by Gasteiger charge is -2.24. The molecule has 0 bridgehead atoms. The van der Waals surface area contributed by atoms with Crippen LogP contribution < -0.4 is 33.6 Å². The molecule has 0 rings (SSSR count). The van der Waals surface area contributed by atoms with Crippen molar-refractivity contribution in [3.63, 3.8) is 0 Å². The highest BCUT2D eigenvalue weighted by Gasteiger charge is 2.29. The zero-order valence-corrected chi connectivity index (χ0v) is 16.9. The molecule has 0 heterocycles. The third-order valence-corrected chi connectivity index (χ3v) is 4.43. The van der Waals surface area contributed by atoms with Crippen molar-refractivity contribution < 1.29 is 24.3 Å². The van der Waals surface area contributed by atoms with E-state index in [0.29, 0.717) is 12.8 Å². The molecule has 0 spiro atoms. The Morgan fingerprint density at radius 2 is 1.59 bits per heavy atom. The summed E-state index contributed by atoms with van der Waals surface area (Å²) in [4.78, 5) is 51.1. The third kappa shape index (κ3) is 10.9. The van der Waals surface area contributed by atoms with Crippen LogP contribution in [0.4, 0.5) is 0 Å². The second kappa shape index (κ2) is 13.3. The van der Waals surface area contributed by atoms with Gasteiger partial charge in [0.05, 0.1) is 6.04 Å². The predicted molar refractivity (Wildman–Crippen MR) is 107 cm³/mol. The van der Waals surface area contributed by atoms with Gasteiger partial charge in [0.25, 0.3) is 0 Å². The van der Waals surface area contributed by atoms with E-state index < -0.39 is 41.8 Å². The Kier molecular flexibility index (Phi) is 12.0. The Morgan fingerprint density at radius 1 is 1.00 bits per heavy atom. The van der Waals surface area contributed by atoms with E-state index in [4.69, 9.17) is 22.9 Å². The number of carboxylic acid groups (broad SMARTS) is 1. The van der Waals surface area contributed by atoms with E-state index in [1.165, 1.54) is 0 Å². The Labute approximate surface area is 169 Å². The molecular formula is C17H33N7O5. The number of aliphatic carboxylic acids is 1. The van der Waals surface area contributed by atoms with Crippen LogP contribution in [0.5, 0.6) is 0 Å². The number of nitrogens with zero attached hydrogens (tertiary/aromatic N) is 1. The van der Waals surface area contributed by atoms with Gasteiger partial charge in [-0.3, -0.25) is 19.4 Å². The predicted octanol–water partition coefficient (Wildman–Crippen LogP) is -2.27. The molecule has 0 aliphatic heterocycles. The number of nitrogens with one attached hydrogen (secondary N) is 2. The number of rotatable bonds is 14. The van der Waals surface area contributed by atoms with Crippen LogP contribution >= 0.6 is 0 Å². The summed E-state index contributed by atoms with van der Waals surface area (Å²) >= 11 is 0. The van der Waals surface area contributed by atoms with Gasteiger partial charge in [0, 0.05) is 13.0 Å². The molecule has 0 aromatic carbocycles. The third-order valence-electron chi connectivity index (χ3n) is 4.43. The molecule has 12 heteroatoms. The lowest BCUT2D eigenvalue weighted by atomic mass is 9.98. The summed E-state index contributed by atoms with van der Waals surface area (Å²) in [6.07, 6.45) is 0.788. The Balaban J connectivity index is 5.10. The molecule has 4 atom stereocenters. The molecule has 0 radical (unpaired) electrons. The molecule has 3 amide bonds. The molecule has 166 valence electrons. The molecule has 0 fully saturated rings. The van der Waals surface area contributed by atoms with Crippen LogP contribution in [0.25, 0.3) is 0 Å². The van der Waals surface area contributed by atoms with E-state index in [0.717, 1.165) is 0 Å². The number of carbonyl (C=O) groups excluding carboxylic acids is 3. The van der Waals surface area contributed by atoms with Gasteiger partial charge in [-0.15, -0.1) is 0 Å². The summed E-state index contributed by atoms with van der Waals surface area (Å²) in [5.74, 6) is -3.46. The zero-order chi connectivity index (χ0) is 22.6. The number of guanidine groups is 1. The molecule has 11 N–H and O–H groups in total. The maximum atomic E-state index is 12.6. The van der Waals surface area contributed by atoms with Gasteiger partial charge in [-0.1, -0.05) is 20.3 Å². The summed E-state index contributed by atoms with van der Waals surface area (Å²) in [5, 5.41) is 14.2. The van der Waals surface area contributed by atoms with Crippen molar-refractivity contribution in [3.05, 3.63) is 0 Å². The average molecular weight is 415 g/mol. The summed E-state index contributed by atoms with van der Waals surface area (Å²) < 4.78 is 0. The first-order chi connectivity index (χ1) is 13.5. The van der Waals surface area contributed by atoms with Crippen molar-refractivity contribution in [2.75, 3.05) is 6.54 Å². The summed E-state index contributed by atoms with van der Waals surface area (Å²) in [6, 6.07) is -3.21. The van der Waals surface area contributed by atoms with E-state index >= 15 is 0 Å². The first-order valence-corrected chi connectivity index (χ1v) is 9.42. The number of carboxylic acids is 1. The average Bonchev–Trinajstić information content (AvgIpc) is 2.64. The standard InChI is InChI=1S/C17H33N7O5/c1-3-9(2)13(19)15(27)23-10(6-7-12(18)25)14(26)24-11(16(28)29)5-4-8-22-17(20)21/h9-11,13H,3-8,19H2,1-2H3,(H2,18,25)(H,23,27)(H,24,26)(H,28,29)(H4,20,21,22). The second-order valence-corrected chi connectivity index (χ2v) is 6.83. The number of aliphatic imine (C=N–C) groups is 1. The largest absolute Gasteiger partial charge is 0.480 e. The van der Waals surface area contributed by atoms with Crippen molar-refractivity contribution in [2.45, 2.75) is 64.1 Å². The molecule has 0 saturated carbocycles. The number of carbonyl (C=O) groups is 4. The van der Waals surface area contributed by atoms with Crippen LogP contribution in [0, 0.1) is 5.92 Å². The van der Waals surface area contributed by atoms with Crippen LogP contribution in [-0.4, -0.2) is 59.4 Å². The van der Waals surface area contributed by atoms with Gasteiger partial charge in [-0.25, -0.2) is 4.79 Å². The number of hydrogen-bond acceptors (Lipinski definition) is 6. The monoisotopic (exact) mass is 415 g/mol. The lowest BCUT2D eigenvalue weighted by Crippen LogP contribution is -2.55. The Morgan fingerprint density at radius 3 is 2.07 bits per heavy atom. The van der Waals surface area contributed by atoms with Crippen LogP contribution in [0.2, 0.25) is 0 Å². The van der Waals surface area contributed by atoms with Crippen LogP contribution in [0.1, 0.15) is 46.0 Å². The van der Waals surface area contributed by atoms with Crippen molar-refractivity contribution in [2.24, 2.45) is 33.8 Å². The maximum absolute atomic E-state index is 12.6. The van der Waals surface area contributed by atoms with Crippen LogP contribution in [-0.2, 0) is 19.2 Å². The Bertz CT molecular complexity index is 607. The fourth-order valence-electron chi connectivity index (χ4n) is 2.37. The van der Waals surface area contributed by atoms with Gasteiger partial charge in [0.2, 0.25) is 17.7 Å². The molecule has 29 heavy (non-hydrogen) atoms. The van der Waals surface area contributed by atoms with Crippen molar-refractivity contribution in [3.8, 4) is 0 Å².